The van der Waals surface area contributed by atoms with Crippen LogP contribution in [0, 0.1) is 6.92 Å². The first kappa shape index (κ1) is 16.7. The minimum atomic E-state index is 0.177. The van der Waals surface area contributed by atoms with Gasteiger partial charge in [0.05, 0.1) is 12.1 Å². The fourth-order valence-electron chi connectivity index (χ4n) is 4.13. The first-order valence-electron chi connectivity index (χ1n) is 9.12. The summed E-state index contributed by atoms with van der Waals surface area (Å²) in [5, 5.41) is 11.9. The number of nitrogens with zero attached hydrogens (tertiary/aromatic N) is 6. The highest BCUT2D eigenvalue weighted by atomic mass is 32.1. The van der Waals surface area contributed by atoms with Crippen molar-refractivity contribution in [3.63, 3.8) is 0 Å². The third-order valence-corrected chi connectivity index (χ3v) is 6.43. The molecule has 2 aliphatic heterocycles. The van der Waals surface area contributed by atoms with E-state index in [9.17, 15) is 4.79 Å². The standard InChI is InChI=1S/C19H20N6OS/c1-11-22-23-19(27-11)17-4-12-3-14(20-7-13(12)8-21-17)5-18(26)25-10-15-6-16(25)9-24(15)2/h3-4,7-8,15-16H,5-6,9-10H2,1-2H3/t15-,16-/m1/s1. The van der Waals surface area contributed by atoms with E-state index in [1.165, 1.54) is 11.3 Å². The number of fused-ring (bicyclic) bond motifs is 3. The van der Waals surface area contributed by atoms with Gasteiger partial charge in [0.25, 0.3) is 0 Å². The number of hydrogen-bond acceptors (Lipinski definition) is 7. The Hall–Kier alpha value is -2.45. The molecule has 3 aromatic rings. The average molecular weight is 380 g/mol. The van der Waals surface area contributed by atoms with Gasteiger partial charge in [0.2, 0.25) is 5.91 Å². The quantitative estimate of drug-likeness (QED) is 0.691. The summed E-state index contributed by atoms with van der Waals surface area (Å²) in [6, 6.07) is 4.88. The minimum absolute atomic E-state index is 0.177. The Kier molecular flexibility index (Phi) is 3.91. The van der Waals surface area contributed by atoms with E-state index in [2.05, 4.69) is 32.1 Å². The maximum absolute atomic E-state index is 12.8. The van der Waals surface area contributed by atoms with Gasteiger partial charge in [0.15, 0.2) is 5.01 Å². The fourth-order valence-corrected chi connectivity index (χ4v) is 4.78. The number of pyridine rings is 2. The Morgan fingerprint density at radius 2 is 2.00 bits per heavy atom. The number of carbonyl (C=O) groups excluding carboxylic acids is 1. The number of rotatable bonds is 3. The Morgan fingerprint density at radius 3 is 2.70 bits per heavy atom. The van der Waals surface area contributed by atoms with E-state index in [1.807, 2.05) is 24.0 Å². The molecule has 138 valence electrons. The molecule has 7 nitrogen and oxygen atoms in total. The third kappa shape index (κ3) is 2.98. The molecule has 5 heterocycles. The van der Waals surface area contributed by atoms with Crippen molar-refractivity contribution in [2.75, 3.05) is 20.1 Å². The largest absolute Gasteiger partial charge is 0.336 e. The Balaban J connectivity index is 1.38. The summed E-state index contributed by atoms with van der Waals surface area (Å²) >= 11 is 1.52. The molecule has 2 aliphatic rings. The van der Waals surface area contributed by atoms with Gasteiger partial charge in [-0.1, -0.05) is 11.3 Å². The van der Waals surface area contributed by atoms with Crippen LogP contribution in [-0.2, 0) is 11.2 Å². The zero-order chi connectivity index (χ0) is 18.5. The molecule has 2 bridgehead atoms. The van der Waals surface area contributed by atoms with Crippen LogP contribution in [0.5, 0.6) is 0 Å². The van der Waals surface area contributed by atoms with Crippen LogP contribution in [0.4, 0.5) is 0 Å². The molecule has 8 heteroatoms. The molecule has 5 rings (SSSR count). The van der Waals surface area contributed by atoms with Gasteiger partial charge in [0, 0.05) is 43.0 Å². The number of piperazine rings is 1. The number of hydrogen-bond donors (Lipinski definition) is 0. The van der Waals surface area contributed by atoms with E-state index in [0.29, 0.717) is 18.5 Å². The average Bonchev–Trinajstić information content (AvgIpc) is 3.36. The van der Waals surface area contributed by atoms with Gasteiger partial charge in [-0.05, 0) is 37.9 Å². The van der Waals surface area contributed by atoms with Gasteiger partial charge in [0.1, 0.15) is 10.7 Å². The van der Waals surface area contributed by atoms with Crippen molar-refractivity contribution in [1.82, 2.24) is 30.0 Å². The minimum Gasteiger partial charge on any atom is -0.336 e. The molecular weight excluding hydrogens is 360 g/mol. The summed E-state index contributed by atoms with van der Waals surface area (Å²) in [7, 11) is 2.14. The van der Waals surface area contributed by atoms with Crippen LogP contribution in [0.25, 0.3) is 21.5 Å². The molecular formula is C19H20N6OS. The van der Waals surface area contributed by atoms with Gasteiger partial charge >= 0.3 is 0 Å². The van der Waals surface area contributed by atoms with Crippen molar-refractivity contribution in [2.24, 2.45) is 0 Å². The third-order valence-electron chi connectivity index (χ3n) is 5.57. The summed E-state index contributed by atoms with van der Waals surface area (Å²) < 4.78 is 0. The zero-order valence-electron chi connectivity index (χ0n) is 15.3. The van der Waals surface area contributed by atoms with Crippen LogP contribution in [-0.4, -0.2) is 68.1 Å². The molecule has 0 N–H and O–H groups in total. The number of likely N-dealkylation sites (tertiary alicyclic amines) is 2. The van der Waals surface area contributed by atoms with Crippen LogP contribution in [0.1, 0.15) is 17.1 Å². The summed E-state index contributed by atoms with van der Waals surface area (Å²) in [6.45, 7) is 3.76. The predicted molar refractivity (Wildman–Crippen MR) is 103 cm³/mol. The Morgan fingerprint density at radius 1 is 1.15 bits per heavy atom. The molecule has 0 spiro atoms. The van der Waals surface area contributed by atoms with Gasteiger partial charge in [-0.25, -0.2) is 0 Å². The van der Waals surface area contributed by atoms with E-state index < -0.39 is 0 Å². The molecule has 0 unspecified atom stereocenters. The first-order valence-corrected chi connectivity index (χ1v) is 9.93. The molecule has 2 fully saturated rings. The SMILES string of the molecule is Cc1nnc(-c2cc3cc(CC(=O)N4C[C@H]5C[C@@H]4CN5C)ncc3cn2)s1. The maximum Gasteiger partial charge on any atom is 0.228 e. The smallest absolute Gasteiger partial charge is 0.228 e. The van der Waals surface area contributed by atoms with E-state index in [1.54, 1.807) is 12.4 Å². The summed E-state index contributed by atoms with van der Waals surface area (Å²) in [4.78, 5) is 26.1. The van der Waals surface area contributed by atoms with Crippen LogP contribution in [0.15, 0.2) is 24.5 Å². The van der Waals surface area contributed by atoms with Gasteiger partial charge in [-0.3, -0.25) is 19.7 Å². The van der Waals surface area contributed by atoms with Crippen LogP contribution < -0.4 is 0 Å². The Bertz CT molecular complexity index is 1030. The second-order valence-electron chi connectivity index (χ2n) is 7.42. The first-order chi connectivity index (χ1) is 13.1. The lowest BCUT2D eigenvalue weighted by Crippen LogP contribution is -2.47. The second kappa shape index (κ2) is 6.31. The summed E-state index contributed by atoms with van der Waals surface area (Å²) in [5.41, 5.74) is 1.60. The molecule has 27 heavy (non-hydrogen) atoms. The molecule has 0 radical (unpaired) electrons. The number of carbonyl (C=O) groups is 1. The fraction of sp³-hybridized carbons (Fsp3) is 0.421. The van der Waals surface area contributed by atoms with Gasteiger partial charge < -0.3 is 4.90 Å². The van der Waals surface area contributed by atoms with Gasteiger partial charge in [-0.2, -0.15) is 0 Å². The summed E-state index contributed by atoms with van der Waals surface area (Å²) in [5.74, 6) is 0.177. The lowest BCUT2D eigenvalue weighted by atomic mass is 10.1. The number of aromatic nitrogens is 4. The molecule has 3 aromatic heterocycles. The zero-order valence-corrected chi connectivity index (χ0v) is 16.1. The molecule has 0 aromatic carbocycles. The maximum atomic E-state index is 12.8. The number of amides is 1. The Labute approximate surface area is 161 Å². The number of aryl methyl sites for hydroxylation is 1. The van der Waals surface area contributed by atoms with Crippen molar-refractivity contribution in [3.8, 4) is 10.7 Å². The van der Waals surface area contributed by atoms with E-state index >= 15 is 0 Å². The van der Waals surface area contributed by atoms with Crippen molar-refractivity contribution >= 4 is 28.0 Å². The normalized spacial score (nSPS) is 22.1. The van der Waals surface area contributed by atoms with E-state index in [0.717, 1.165) is 51.7 Å². The molecule has 1 amide bonds. The van der Waals surface area contributed by atoms with Gasteiger partial charge in [-0.15, -0.1) is 10.2 Å². The van der Waals surface area contributed by atoms with Crippen LogP contribution >= 0.6 is 11.3 Å². The highest BCUT2D eigenvalue weighted by molar-refractivity contribution is 7.14. The van der Waals surface area contributed by atoms with Crippen molar-refractivity contribution < 1.29 is 4.79 Å². The molecule has 0 aliphatic carbocycles. The molecule has 0 saturated carbocycles. The van der Waals surface area contributed by atoms with E-state index in [4.69, 9.17) is 0 Å². The van der Waals surface area contributed by atoms with Crippen molar-refractivity contribution in [3.05, 3.63) is 35.2 Å². The predicted octanol–water partition coefficient (Wildman–Crippen LogP) is 1.91. The molecule has 2 saturated heterocycles. The highest BCUT2D eigenvalue weighted by Crippen LogP contribution is 2.30. The van der Waals surface area contributed by atoms with Crippen molar-refractivity contribution in [1.29, 1.82) is 0 Å². The lowest BCUT2D eigenvalue weighted by Gasteiger charge is -2.32. The monoisotopic (exact) mass is 380 g/mol. The molecule has 2 atom stereocenters. The topological polar surface area (TPSA) is 75.1 Å². The second-order valence-corrected chi connectivity index (χ2v) is 8.61. The van der Waals surface area contributed by atoms with Crippen LogP contribution in [0.2, 0.25) is 0 Å². The highest BCUT2D eigenvalue weighted by Gasteiger charge is 2.43. The number of likely N-dealkylation sites (N-methyl/N-ethyl adjacent to an activating group) is 1. The van der Waals surface area contributed by atoms with E-state index in [-0.39, 0.29) is 5.91 Å². The van der Waals surface area contributed by atoms with Crippen molar-refractivity contribution in [2.45, 2.75) is 31.8 Å². The van der Waals surface area contributed by atoms with Crippen LogP contribution in [0.3, 0.4) is 0 Å². The summed E-state index contributed by atoms with van der Waals surface area (Å²) in [6.07, 6.45) is 5.04. The lowest BCUT2D eigenvalue weighted by molar-refractivity contribution is -0.132.